The first-order chi connectivity index (χ1) is 16.1. The summed E-state index contributed by atoms with van der Waals surface area (Å²) < 4.78 is 29.5. The quantitative estimate of drug-likeness (QED) is 0.568. The van der Waals surface area contributed by atoms with Gasteiger partial charge < -0.3 is 4.90 Å². The van der Waals surface area contributed by atoms with E-state index in [1.807, 2.05) is 0 Å². The summed E-state index contributed by atoms with van der Waals surface area (Å²) in [7, 11) is -2.00. The Morgan fingerprint density at radius 2 is 1.65 bits per heavy atom. The van der Waals surface area contributed by atoms with Gasteiger partial charge in [-0.15, -0.1) is 0 Å². The zero-order valence-corrected chi connectivity index (χ0v) is 20.5. The van der Waals surface area contributed by atoms with Gasteiger partial charge in [-0.1, -0.05) is 12.1 Å². The lowest BCUT2D eigenvalue weighted by Gasteiger charge is -2.22. The van der Waals surface area contributed by atoms with Crippen LogP contribution in [0.1, 0.15) is 51.4 Å². The van der Waals surface area contributed by atoms with Crippen molar-refractivity contribution in [1.82, 2.24) is 23.9 Å². The van der Waals surface area contributed by atoms with Crippen molar-refractivity contribution in [3.05, 3.63) is 46.8 Å². The highest BCUT2D eigenvalue weighted by Gasteiger charge is 2.35. The predicted octanol–water partition coefficient (Wildman–Crippen LogP) is 1.34. The van der Waals surface area contributed by atoms with Gasteiger partial charge in [0, 0.05) is 46.2 Å². The predicted molar refractivity (Wildman–Crippen MR) is 124 cm³/mol. The second-order valence-corrected chi connectivity index (χ2v) is 10.5. The zero-order valence-electron chi connectivity index (χ0n) is 19.7. The molecule has 0 aliphatic carbocycles. The van der Waals surface area contributed by atoms with E-state index in [1.54, 1.807) is 54.7 Å². The summed E-state index contributed by atoms with van der Waals surface area (Å²) in [5.41, 5.74) is 1.84. The maximum atomic E-state index is 13.2. The Bertz CT molecular complexity index is 1220. The number of aryl methyl sites for hydroxylation is 2. The van der Waals surface area contributed by atoms with E-state index in [4.69, 9.17) is 0 Å². The molecule has 1 fully saturated rings. The Balaban J connectivity index is 1.33. The molecule has 10 nitrogen and oxygen atoms in total. The highest BCUT2D eigenvalue weighted by Crippen LogP contribution is 2.25. The van der Waals surface area contributed by atoms with Crippen LogP contribution >= 0.6 is 0 Å². The molecule has 2 aromatic rings. The first-order valence-electron chi connectivity index (χ1n) is 11.4. The van der Waals surface area contributed by atoms with Gasteiger partial charge in [-0.25, -0.2) is 8.42 Å². The van der Waals surface area contributed by atoms with E-state index in [1.165, 1.54) is 9.21 Å². The molecule has 11 heteroatoms. The molecule has 182 valence electrons. The molecular formula is C23H29N5O5S. The number of imide groups is 1. The molecule has 2 aliphatic rings. The van der Waals surface area contributed by atoms with Crippen LogP contribution in [-0.2, 0) is 21.9 Å². The van der Waals surface area contributed by atoms with Gasteiger partial charge >= 0.3 is 0 Å². The highest BCUT2D eigenvalue weighted by atomic mass is 32.2. The SMILES string of the molecule is Cc1nn(C)c(C)c1S(=O)(=O)N1CCCN(C(=O)CCCN2C(=O)c3ccccc3C2=O)CC1. The van der Waals surface area contributed by atoms with E-state index in [0.29, 0.717) is 55.0 Å². The van der Waals surface area contributed by atoms with Crippen LogP contribution in [0, 0.1) is 13.8 Å². The largest absolute Gasteiger partial charge is 0.341 e. The number of benzene rings is 1. The van der Waals surface area contributed by atoms with Gasteiger partial charge in [-0.05, 0) is 38.8 Å². The molecule has 0 N–H and O–H groups in total. The third-order valence-electron chi connectivity index (χ3n) is 6.50. The lowest BCUT2D eigenvalue weighted by molar-refractivity contribution is -0.131. The lowest BCUT2D eigenvalue weighted by Crippen LogP contribution is -2.38. The number of carbonyl (C=O) groups is 3. The second kappa shape index (κ2) is 9.30. The third kappa shape index (κ3) is 4.25. The molecule has 0 atom stereocenters. The zero-order chi connectivity index (χ0) is 24.6. The van der Waals surface area contributed by atoms with Crippen molar-refractivity contribution in [3.8, 4) is 0 Å². The second-order valence-electron chi connectivity index (χ2n) is 8.67. The van der Waals surface area contributed by atoms with Crippen LogP contribution in [-0.4, -0.2) is 82.7 Å². The monoisotopic (exact) mass is 487 g/mol. The summed E-state index contributed by atoms with van der Waals surface area (Å²) in [6.07, 6.45) is 1.07. The van der Waals surface area contributed by atoms with Crippen LogP contribution in [0.2, 0.25) is 0 Å². The van der Waals surface area contributed by atoms with Crippen molar-refractivity contribution in [2.24, 2.45) is 7.05 Å². The van der Waals surface area contributed by atoms with Crippen molar-refractivity contribution in [3.63, 3.8) is 0 Å². The van der Waals surface area contributed by atoms with Crippen molar-refractivity contribution < 1.29 is 22.8 Å². The van der Waals surface area contributed by atoms with E-state index in [9.17, 15) is 22.8 Å². The fraction of sp³-hybridized carbons (Fsp3) is 0.478. The van der Waals surface area contributed by atoms with E-state index in [-0.39, 0.29) is 42.1 Å². The molecule has 1 saturated heterocycles. The average Bonchev–Trinajstić information content (AvgIpc) is 3.07. The summed E-state index contributed by atoms with van der Waals surface area (Å²) in [6.45, 7) is 4.88. The summed E-state index contributed by atoms with van der Waals surface area (Å²) in [5, 5.41) is 4.22. The van der Waals surface area contributed by atoms with Crippen molar-refractivity contribution in [2.45, 2.75) is 38.0 Å². The van der Waals surface area contributed by atoms with Crippen LogP contribution in [0.3, 0.4) is 0 Å². The Labute approximate surface area is 199 Å². The average molecular weight is 488 g/mol. The number of sulfonamides is 1. The van der Waals surface area contributed by atoms with Crippen molar-refractivity contribution in [1.29, 1.82) is 0 Å². The first-order valence-corrected chi connectivity index (χ1v) is 12.8. The molecule has 1 aromatic heterocycles. The summed E-state index contributed by atoms with van der Waals surface area (Å²) in [5.74, 6) is -0.765. The molecule has 0 spiro atoms. The smallest absolute Gasteiger partial charge is 0.261 e. The highest BCUT2D eigenvalue weighted by molar-refractivity contribution is 7.89. The van der Waals surface area contributed by atoms with Gasteiger partial charge in [-0.2, -0.15) is 9.40 Å². The third-order valence-corrected chi connectivity index (χ3v) is 8.65. The number of carbonyl (C=O) groups excluding carboxylic acids is 3. The molecule has 2 aliphatic heterocycles. The van der Waals surface area contributed by atoms with Gasteiger partial charge in [0.1, 0.15) is 4.90 Å². The molecule has 34 heavy (non-hydrogen) atoms. The molecule has 0 saturated carbocycles. The maximum absolute atomic E-state index is 13.2. The molecule has 0 bridgehead atoms. The molecule has 0 unspecified atom stereocenters. The van der Waals surface area contributed by atoms with E-state index >= 15 is 0 Å². The minimum atomic E-state index is -3.71. The Kier molecular flexibility index (Phi) is 6.59. The normalized spacial score (nSPS) is 17.3. The van der Waals surface area contributed by atoms with Crippen LogP contribution in [0.5, 0.6) is 0 Å². The van der Waals surface area contributed by atoms with Crippen LogP contribution < -0.4 is 0 Å². The maximum Gasteiger partial charge on any atom is 0.261 e. The fourth-order valence-corrected chi connectivity index (χ4v) is 6.50. The molecule has 1 aromatic carbocycles. The molecule has 4 rings (SSSR count). The molecule has 3 heterocycles. The Morgan fingerprint density at radius 1 is 1.00 bits per heavy atom. The van der Waals surface area contributed by atoms with Gasteiger partial charge in [0.2, 0.25) is 15.9 Å². The number of rotatable bonds is 6. The van der Waals surface area contributed by atoms with Gasteiger partial charge in [0.15, 0.2) is 0 Å². The summed E-state index contributed by atoms with van der Waals surface area (Å²) in [6, 6.07) is 6.70. The number of fused-ring (bicyclic) bond motifs is 1. The standard InChI is InChI=1S/C23H29N5O5S/c1-16-21(17(2)25(3)24-16)34(32,33)27-12-7-11-26(14-15-27)20(29)10-6-13-28-22(30)18-8-4-5-9-19(18)23(28)31/h4-5,8-9H,6-7,10-15H2,1-3H3. The molecule has 0 radical (unpaired) electrons. The number of nitrogens with zero attached hydrogens (tertiary/aromatic N) is 5. The minimum absolute atomic E-state index is 0.107. The first kappa shape index (κ1) is 24.1. The Hall–Kier alpha value is -3.05. The summed E-state index contributed by atoms with van der Waals surface area (Å²) >= 11 is 0. The van der Waals surface area contributed by atoms with Crippen LogP contribution in [0.25, 0.3) is 0 Å². The topological polar surface area (TPSA) is 113 Å². The van der Waals surface area contributed by atoms with Gasteiger partial charge in [0.05, 0.1) is 22.5 Å². The number of hydrogen-bond donors (Lipinski definition) is 0. The van der Waals surface area contributed by atoms with Gasteiger partial charge in [-0.3, -0.25) is 24.0 Å². The number of amides is 3. The van der Waals surface area contributed by atoms with Crippen molar-refractivity contribution >= 4 is 27.7 Å². The minimum Gasteiger partial charge on any atom is -0.341 e. The van der Waals surface area contributed by atoms with E-state index in [0.717, 1.165) is 0 Å². The molecular weight excluding hydrogens is 458 g/mol. The number of hydrogen-bond acceptors (Lipinski definition) is 6. The Morgan fingerprint density at radius 3 is 2.24 bits per heavy atom. The van der Waals surface area contributed by atoms with Crippen molar-refractivity contribution in [2.75, 3.05) is 32.7 Å². The van der Waals surface area contributed by atoms with Crippen LogP contribution in [0.15, 0.2) is 29.2 Å². The molecule has 3 amide bonds. The lowest BCUT2D eigenvalue weighted by atomic mass is 10.1. The van der Waals surface area contributed by atoms with E-state index in [2.05, 4.69) is 5.10 Å². The van der Waals surface area contributed by atoms with Crippen LogP contribution in [0.4, 0.5) is 0 Å². The number of aromatic nitrogens is 2. The summed E-state index contributed by atoms with van der Waals surface area (Å²) in [4.78, 5) is 40.8. The van der Waals surface area contributed by atoms with Gasteiger partial charge in [0.25, 0.3) is 11.8 Å². The van der Waals surface area contributed by atoms with E-state index < -0.39 is 10.0 Å². The fourth-order valence-electron chi connectivity index (χ4n) is 4.63.